The summed E-state index contributed by atoms with van der Waals surface area (Å²) >= 11 is 0. The van der Waals surface area contributed by atoms with E-state index in [2.05, 4.69) is 22.2 Å². The van der Waals surface area contributed by atoms with Gasteiger partial charge in [0.2, 0.25) is 11.8 Å². The molecule has 7 nitrogen and oxygen atoms in total. The van der Waals surface area contributed by atoms with Crippen LogP contribution in [0.2, 0.25) is 0 Å². The predicted octanol–water partition coefficient (Wildman–Crippen LogP) is 0.0136. The third kappa shape index (κ3) is 6.92. The SMILES string of the molecule is CC(C)NC(=O)[C@H](CCN1CCN(C)CC1)CC(=O)N1CCOCC1. The summed E-state index contributed by atoms with van der Waals surface area (Å²) in [5.41, 5.74) is 0. The Labute approximate surface area is 151 Å². The first-order valence-electron chi connectivity index (χ1n) is 9.52. The summed E-state index contributed by atoms with van der Waals surface area (Å²) in [6.45, 7) is 11.4. The molecular weight excluding hydrogens is 320 g/mol. The van der Waals surface area contributed by atoms with E-state index in [0.717, 1.165) is 39.1 Å². The maximum absolute atomic E-state index is 12.6. The van der Waals surface area contributed by atoms with Crippen molar-refractivity contribution in [3.8, 4) is 0 Å². The fourth-order valence-electron chi connectivity index (χ4n) is 3.29. The summed E-state index contributed by atoms with van der Waals surface area (Å²) in [6, 6.07) is 0.0946. The Morgan fingerprint density at radius 2 is 1.68 bits per heavy atom. The van der Waals surface area contributed by atoms with Crippen molar-refractivity contribution in [2.24, 2.45) is 5.92 Å². The average Bonchev–Trinajstić information content (AvgIpc) is 2.60. The van der Waals surface area contributed by atoms with Gasteiger partial charge in [0.1, 0.15) is 0 Å². The molecule has 2 rings (SSSR count). The minimum Gasteiger partial charge on any atom is -0.378 e. The highest BCUT2D eigenvalue weighted by Crippen LogP contribution is 2.15. The molecule has 0 radical (unpaired) electrons. The van der Waals surface area contributed by atoms with Gasteiger partial charge in [-0.2, -0.15) is 0 Å². The van der Waals surface area contributed by atoms with E-state index in [-0.39, 0.29) is 23.8 Å². The topological polar surface area (TPSA) is 65.1 Å². The first kappa shape index (κ1) is 20.1. The highest BCUT2D eigenvalue weighted by molar-refractivity contribution is 5.86. The second-order valence-corrected chi connectivity index (χ2v) is 7.49. The monoisotopic (exact) mass is 354 g/mol. The molecule has 1 atom stereocenters. The van der Waals surface area contributed by atoms with E-state index in [1.165, 1.54) is 0 Å². The molecule has 0 aromatic carbocycles. The number of ether oxygens (including phenoxy) is 1. The number of amides is 2. The predicted molar refractivity (Wildman–Crippen MR) is 97.3 cm³/mol. The van der Waals surface area contributed by atoms with Gasteiger partial charge in [0, 0.05) is 57.6 Å². The number of rotatable bonds is 7. The molecule has 0 aromatic heterocycles. The Hall–Kier alpha value is -1.18. The number of nitrogens with one attached hydrogen (secondary N) is 1. The Bertz CT molecular complexity index is 430. The van der Waals surface area contributed by atoms with Crippen LogP contribution in [0.4, 0.5) is 0 Å². The standard InChI is InChI=1S/C18H34N4O3/c1-15(2)19-18(24)16(4-5-21-8-6-20(3)7-9-21)14-17(23)22-10-12-25-13-11-22/h15-16H,4-14H2,1-3H3,(H,19,24)/t16-/m1/s1. The van der Waals surface area contributed by atoms with Crippen molar-refractivity contribution in [3.05, 3.63) is 0 Å². The van der Waals surface area contributed by atoms with Gasteiger partial charge < -0.3 is 24.8 Å². The number of carbonyl (C=O) groups excluding carboxylic acids is 2. The molecule has 2 amide bonds. The largest absolute Gasteiger partial charge is 0.378 e. The maximum atomic E-state index is 12.6. The lowest BCUT2D eigenvalue weighted by atomic mass is 9.98. The second-order valence-electron chi connectivity index (χ2n) is 7.49. The number of likely N-dealkylation sites (N-methyl/N-ethyl adjacent to an activating group) is 1. The van der Waals surface area contributed by atoms with E-state index in [1.54, 1.807) is 0 Å². The molecule has 25 heavy (non-hydrogen) atoms. The van der Waals surface area contributed by atoms with Gasteiger partial charge in [-0.15, -0.1) is 0 Å². The molecule has 7 heteroatoms. The molecule has 2 aliphatic rings. The van der Waals surface area contributed by atoms with Crippen LogP contribution in [-0.2, 0) is 14.3 Å². The van der Waals surface area contributed by atoms with Gasteiger partial charge in [-0.05, 0) is 33.9 Å². The summed E-state index contributed by atoms with van der Waals surface area (Å²) in [5, 5.41) is 2.98. The van der Waals surface area contributed by atoms with Crippen molar-refractivity contribution in [1.29, 1.82) is 0 Å². The lowest BCUT2D eigenvalue weighted by Gasteiger charge is -2.33. The zero-order chi connectivity index (χ0) is 18.2. The Balaban J connectivity index is 1.87. The minimum absolute atomic E-state index is 0.00531. The molecule has 2 aliphatic heterocycles. The van der Waals surface area contributed by atoms with E-state index < -0.39 is 0 Å². The molecule has 0 spiro atoms. The number of hydrogen-bond donors (Lipinski definition) is 1. The van der Waals surface area contributed by atoms with Crippen LogP contribution in [0.25, 0.3) is 0 Å². The highest BCUT2D eigenvalue weighted by Gasteiger charge is 2.27. The van der Waals surface area contributed by atoms with Crippen LogP contribution in [0.5, 0.6) is 0 Å². The van der Waals surface area contributed by atoms with E-state index in [1.807, 2.05) is 18.7 Å². The summed E-state index contributed by atoms with van der Waals surface area (Å²) < 4.78 is 5.31. The van der Waals surface area contributed by atoms with Gasteiger partial charge in [-0.1, -0.05) is 0 Å². The molecule has 2 heterocycles. The lowest BCUT2D eigenvalue weighted by molar-refractivity contribution is -0.139. The van der Waals surface area contributed by atoms with E-state index in [9.17, 15) is 9.59 Å². The first-order chi connectivity index (χ1) is 12.0. The highest BCUT2D eigenvalue weighted by atomic mass is 16.5. The smallest absolute Gasteiger partial charge is 0.223 e. The van der Waals surface area contributed by atoms with Crippen LogP contribution < -0.4 is 5.32 Å². The van der Waals surface area contributed by atoms with Crippen LogP contribution in [0.1, 0.15) is 26.7 Å². The zero-order valence-corrected chi connectivity index (χ0v) is 16.0. The van der Waals surface area contributed by atoms with Gasteiger partial charge in [0.15, 0.2) is 0 Å². The van der Waals surface area contributed by atoms with Crippen LogP contribution in [0.15, 0.2) is 0 Å². The van der Waals surface area contributed by atoms with Gasteiger partial charge in [0.05, 0.1) is 13.2 Å². The second kappa shape index (κ2) is 10.1. The van der Waals surface area contributed by atoms with Crippen molar-refractivity contribution in [3.63, 3.8) is 0 Å². The summed E-state index contributed by atoms with van der Waals surface area (Å²) in [6.07, 6.45) is 1.03. The zero-order valence-electron chi connectivity index (χ0n) is 16.0. The Kier molecular flexibility index (Phi) is 8.12. The van der Waals surface area contributed by atoms with E-state index >= 15 is 0 Å². The molecule has 144 valence electrons. The number of piperazine rings is 1. The van der Waals surface area contributed by atoms with Crippen LogP contribution in [0.3, 0.4) is 0 Å². The molecule has 0 aliphatic carbocycles. The first-order valence-corrected chi connectivity index (χ1v) is 9.52. The molecular formula is C18H34N4O3. The quantitative estimate of drug-likeness (QED) is 0.698. The van der Waals surface area contributed by atoms with Gasteiger partial charge >= 0.3 is 0 Å². The molecule has 2 saturated heterocycles. The Morgan fingerprint density at radius 3 is 2.28 bits per heavy atom. The van der Waals surface area contributed by atoms with E-state index in [4.69, 9.17) is 4.74 Å². The Morgan fingerprint density at radius 1 is 1.04 bits per heavy atom. The lowest BCUT2D eigenvalue weighted by Crippen LogP contribution is -2.46. The third-order valence-corrected chi connectivity index (χ3v) is 4.98. The van der Waals surface area contributed by atoms with Gasteiger partial charge in [-0.3, -0.25) is 9.59 Å². The van der Waals surface area contributed by atoms with E-state index in [0.29, 0.717) is 32.7 Å². The third-order valence-electron chi connectivity index (χ3n) is 4.98. The van der Waals surface area contributed by atoms with Crippen molar-refractivity contribution in [2.75, 3.05) is 66.1 Å². The number of hydrogen-bond acceptors (Lipinski definition) is 5. The molecule has 1 N–H and O–H groups in total. The maximum Gasteiger partial charge on any atom is 0.223 e. The summed E-state index contributed by atoms with van der Waals surface area (Å²) in [4.78, 5) is 31.7. The number of nitrogens with zero attached hydrogens (tertiary/aromatic N) is 3. The fourth-order valence-corrected chi connectivity index (χ4v) is 3.29. The van der Waals surface area contributed by atoms with Gasteiger partial charge in [-0.25, -0.2) is 0 Å². The molecule has 0 unspecified atom stereocenters. The van der Waals surface area contributed by atoms with Crippen LogP contribution in [0, 0.1) is 5.92 Å². The number of carbonyl (C=O) groups is 2. The fraction of sp³-hybridized carbons (Fsp3) is 0.889. The van der Waals surface area contributed by atoms with Gasteiger partial charge in [0.25, 0.3) is 0 Å². The van der Waals surface area contributed by atoms with Crippen molar-refractivity contribution in [2.45, 2.75) is 32.7 Å². The van der Waals surface area contributed by atoms with Crippen LogP contribution in [-0.4, -0.2) is 98.6 Å². The van der Waals surface area contributed by atoms with Crippen molar-refractivity contribution in [1.82, 2.24) is 20.0 Å². The molecule has 0 bridgehead atoms. The number of morpholine rings is 1. The minimum atomic E-state index is -0.252. The van der Waals surface area contributed by atoms with Crippen molar-refractivity contribution >= 4 is 11.8 Å². The summed E-state index contributed by atoms with van der Waals surface area (Å²) in [5.74, 6) is -0.172. The van der Waals surface area contributed by atoms with Crippen LogP contribution >= 0.6 is 0 Å². The average molecular weight is 354 g/mol. The molecule has 0 saturated carbocycles. The molecule has 2 fully saturated rings. The molecule has 0 aromatic rings. The summed E-state index contributed by atoms with van der Waals surface area (Å²) in [7, 11) is 2.14. The van der Waals surface area contributed by atoms with Crippen molar-refractivity contribution < 1.29 is 14.3 Å². The normalized spacial score (nSPS) is 21.4.